The highest BCUT2D eigenvalue weighted by Gasteiger charge is 1.96. The molecule has 1 amide bonds. The predicted octanol–water partition coefficient (Wildman–Crippen LogP) is -0.447. The zero-order valence-corrected chi connectivity index (χ0v) is 5.01. The van der Waals surface area contributed by atoms with Crippen molar-refractivity contribution in [2.45, 2.75) is 6.92 Å². The topological polar surface area (TPSA) is 53.5 Å². The number of carbonyl (C=O) groups excluding carboxylic acids is 1. The zero-order chi connectivity index (χ0) is 6.69. The first-order chi connectivity index (χ1) is 4.29. The van der Waals surface area contributed by atoms with Gasteiger partial charge in [-0.3, -0.25) is 10.2 Å². The molecule has 2 N–H and O–H groups in total. The highest BCUT2D eigenvalue weighted by molar-refractivity contribution is 5.96. The fraction of sp³-hybridized carbons (Fsp3) is 0.200. The van der Waals surface area contributed by atoms with Crippen molar-refractivity contribution < 1.29 is 4.79 Å². The molecule has 0 aliphatic carbocycles. The molecule has 0 atom stereocenters. The number of hydrogen-bond acceptors (Lipinski definition) is 3. The minimum Gasteiger partial charge on any atom is -0.312 e. The summed E-state index contributed by atoms with van der Waals surface area (Å²) in [4.78, 5) is 10.6. The van der Waals surface area contributed by atoms with E-state index in [1.54, 1.807) is 6.92 Å². The van der Waals surface area contributed by atoms with Gasteiger partial charge < -0.3 is 5.32 Å². The molecule has 1 aliphatic rings. The fourth-order valence-electron chi connectivity index (χ4n) is 0.501. The first kappa shape index (κ1) is 5.81. The Balaban J connectivity index is 2.73. The number of rotatable bonds is 0. The van der Waals surface area contributed by atoms with Crippen molar-refractivity contribution in [1.82, 2.24) is 10.7 Å². The molecule has 0 fully saturated rings. The van der Waals surface area contributed by atoms with Crippen LogP contribution in [0.5, 0.6) is 0 Å². The minimum atomic E-state index is -0.152. The van der Waals surface area contributed by atoms with Crippen LogP contribution in [0.4, 0.5) is 0 Å². The van der Waals surface area contributed by atoms with Crippen LogP contribution in [-0.4, -0.2) is 12.2 Å². The van der Waals surface area contributed by atoms with E-state index in [2.05, 4.69) is 15.8 Å². The van der Waals surface area contributed by atoms with Crippen LogP contribution in [0.15, 0.2) is 16.9 Å². The van der Waals surface area contributed by atoms with Crippen molar-refractivity contribution in [3.05, 3.63) is 11.8 Å². The SMILES string of the molecule is CC1=CC(=O)NC=NN1. The summed E-state index contributed by atoms with van der Waals surface area (Å²) >= 11 is 0. The van der Waals surface area contributed by atoms with E-state index in [-0.39, 0.29) is 5.91 Å². The molecule has 48 valence electrons. The molecule has 1 rings (SSSR count). The Hall–Kier alpha value is -1.32. The first-order valence-corrected chi connectivity index (χ1v) is 2.55. The Morgan fingerprint density at radius 3 is 3.22 bits per heavy atom. The Bertz CT molecular complexity index is 183. The van der Waals surface area contributed by atoms with Crippen molar-refractivity contribution >= 4 is 12.2 Å². The summed E-state index contributed by atoms with van der Waals surface area (Å²) in [6, 6.07) is 0. The summed E-state index contributed by atoms with van der Waals surface area (Å²) < 4.78 is 0. The lowest BCUT2D eigenvalue weighted by Crippen LogP contribution is -2.17. The van der Waals surface area contributed by atoms with E-state index in [4.69, 9.17) is 0 Å². The van der Waals surface area contributed by atoms with Gasteiger partial charge in [0.1, 0.15) is 6.34 Å². The van der Waals surface area contributed by atoms with E-state index < -0.39 is 0 Å². The van der Waals surface area contributed by atoms with Gasteiger partial charge in [-0.05, 0) is 6.92 Å². The van der Waals surface area contributed by atoms with Gasteiger partial charge in [-0.15, -0.1) is 0 Å². The highest BCUT2D eigenvalue weighted by atomic mass is 16.1. The van der Waals surface area contributed by atoms with Crippen LogP contribution in [0, 0.1) is 0 Å². The van der Waals surface area contributed by atoms with E-state index in [0.717, 1.165) is 5.70 Å². The average Bonchev–Trinajstić information content (AvgIpc) is 1.93. The number of nitrogens with zero attached hydrogens (tertiary/aromatic N) is 1. The Kier molecular flexibility index (Phi) is 1.48. The summed E-state index contributed by atoms with van der Waals surface area (Å²) in [5.74, 6) is -0.152. The molecule has 0 aromatic rings. The van der Waals surface area contributed by atoms with Gasteiger partial charge in [0.2, 0.25) is 0 Å². The number of hydrogen-bond donors (Lipinski definition) is 2. The smallest absolute Gasteiger partial charge is 0.250 e. The number of nitrogens with one attached hydrogen (secondary N) is 2. The molecule has 1 aliphatic heterocycles. The van der Waals surface area contributed by atoms with Crippen LogP contribution in [0.3, 0.4) is 0 Å². The van der Waals surface area contributed by atoms with Gasteiger partial charge in [-0.1, -0.05) is 0 Å². The second-order valence-corrected chi connectivity index (χ2v) is 1.71. The van der Waals surface area contributed by atoms with Crippen LogP contribution >= 0.6 is 0 Å². The Morgan fingerprint density at radius 1 is 1.67 bits per heavy atom. The zero-order valence-electron chi connectivity index (χ0n) is 5.01. The van der Waals surface area contributed by atoms with Crippen LogP contribution in [0.2, 0.25) is 0 Å². The number of hydrazone groups is 1. The largest absolute Gasteiger partial charge is 0.312 e. The number of allylic oxidation sites excluding steroid dienone is 1. The van der Waals surface area contributed by atoms with Crippen molar-refractivity contribution in [2.24, 2.45) is 5.10 Å². The van der Waals surface area contributed by atoms with E-state index >= 15 is 0 Å². The molecule has 0 bridgehead atoms. The third kappa shape index (κ3) is 1.56. The van der Waals surface area contributed by atoms with Gasteiger partial charge in [0.15, 0.2) is 0 Å². The molecule has 0 aromatic heterocycles. The third-order valence-corrected chi connectivity index (χ3v) is 0.860. The van der Waals surface area contributed by atoms with Gasteiger partial charge in [-0.2, -0.15) is 5.10 Å². The normalized spacial score (nSPS) is 17.4. The molecule has 0 unspecified atom stereocenters. The lowest BCUT2D eigenvalue weighted by atomic mass is 10.4. The van der Waals surface area contributed by atoms with E-state index in [1.807, 2.05) is 0 Å². The summed E-state index contributed by atoms with van der Waals surface area (Å²) in [6.07, 6.45) is 2.75. The minimum absolute atomic E-state index is 0.152. The Morgan fingerprint density at radius 2 is 2.44 bits per heavy atom. The second kappa shape index (κ2) is 2.30. The molecule has 0 saturated heterocycles. The van der Waals surface area contributed by atoms with E-state index in [0.29, 0.717) is 0 Å². The molecule has 9 heavy (non-hydrogen) atoms. The molecule has 0 spiro atoms. The van der Waals surface area contributed by atoms with Crippen molar-refractivity contribution in [2.75, 3.05) is 0 Å². The second-order valence-electron chi connectivity index (χ2n) is 1.71. The molecule has 4 nitrogen and oxygen atoms in total. The lowest BCUT2D eigenvalue weighted by Gasteiger charge is -1.91. The summed E-state index contributed by atoms with van der Waals surface area (Å²) in [5.41, 5.74) is 3.36. The van der Waals surface area contributed by atoms with Crippen molar-refractivity contribution in [1.29, 1.82) is 0 Å². The summed E-state index contributed by atoms with van der Waals surface area (Å²) in [6.45, 7) is 1.77. The molecule has 0 aromatic carbocycles. The van der Waals surface area contributed by atoms with Crippen molar-refractivity contribution in [3.8, 4) is 0 Å². The van der Waals surface area contributed by atoms with Gasteiger partial charge in [-0.25, -0.2) is 0 Å². The number of carbonyl (C=O) groups is 1. The molecular weight excluding hydrogens is 118 g/mol. The average molecular weight is 125 g/mol. The van der Waals surface area contributed by atoms with Gasteiger partial charge >= 0.3 is 0 Å². The maximum atomic E-state index is 10.6. The maximum Gasteiger partial charge on any atom is 0.250 e. The molecule has 0 radical (unpaired) electrons. The predicted molar refractivity (Wildman–Crippen MR) is 33.5 cm³/mol. The van der Waals surface area contributed by atoms with Crippen LogP contribution in [0.1, 0.15) is 6.92 Å². The van der Waals surface area contributed by atoms with E-state index in [9.17, 15) is 4.79 Å². The van der Waals surface area contributed by atoms with E-state index in [1.165, 1.54) is 12.4 Å². The van der Waals surface area contributed by atoms with Crippen LogP contribution in [-0.2, 0) is 4.79 Å². The van der Waals surface area contributed by atoms with Crippen molar-refractivity contribution in [3.63, 3.8) is 0 Å². The van der Waals surface area contributed by atoms with Gasteiger partial charge in [0.25, 0.3) is 5.91 Å². The molecule has 4 heteroatoms. The quantitative estimate of drug-likeness (QED) is 0.461. The highest BCUT2D eigenvalue weighted by Crippen LogP contribution is 1.86. The summed E-state index contributed by atoms with van der Waals surface area (Å²) in [5, 5.41) is 6.03. The maximum absolute atomic E-state index is 10.6. The van der Waals surface area contributed by atoms with Crippen LogP contribution in [0.25, 0.3) is 0 Å². The molecular formula is C5H7N3O. The van der Waals surface area contributed by atoms with Gasteiger partial charge in [0, 0.05) is 11.8 Å². The number of amides is 1. The monoisotopic (exact) mass is 125 g/mol. The standard InChI is InChI=1S/C5H7N3O/c1-4-2-5(9)6-3-7-8-4/h2-3,8H,1H3,(H,6,7,9). The Labute approximate surface area is 52.6 Å². The first-order valence-electron chi connectivity index (χ1n) is 2.55. The lowest BCUT2D eigenvalue weighted by molar-refractivity contribution is -0.115. The van der Waals surface area contributed by atoms with Crippen LogP contribution < -0.4 is 10.7 Å². The summed E-state index contributed by atoms with van der Waals surface area (Å²) in [7, 11) is 0. The molecule has 1 heterocycles. The third-order valence-electron chi connectivity index (χ3n) is 0.860. The van der Waals surface area contributed by atoms with Gasteiger partial charge in [0.05, 0.1) is 0 Å². The molecule has 0 saturated carbocycles. The fourth-order valence-corrected chi connectivity index (χ4v) is 0.501.